The zero-order chi connectivity index (χ0) is 42.9. The van der Waals surface area contributed by atoms with Gasteiger partial charge in [-0.25, -0.2) is 0 Å². The molecule has 0 heterocycles. The minimum absolute atomic E-state index is 0.0204. The van der Waals surface area contributed by atoms with Crippen molar-refractivity contribution >= 4 is 248 Å². The topological polar surface area (TPSA) is 286 Å². The minimum atomic E-state index is -4.43. The number of hydrogen-bond donors (Lipinski definition) is 4. The van der Waals surface area contributed by atoms with Crippen LogP contribution in [-0.2, 0) is 52.7 Å². The predicted octanol–water partition coefficient (Wildman–Crippen LogP) is 10.3. The van der Waals surface area contributed by atoms with E-state index in [1.165, 1.54) is 30.3 Å². The highest BCUT2D eigenvalue weighted by Crippen LogP contribution is 2.33. The van der Waals surface area contributed by atoms with Gasteiger partial charge in [-0.2, -0.15) is 33.7 Å². The fourth-order valence-electron chi connectivity index (χ4n) is 3.14. The molecule has 0 aliphatic heterocycles. The van der Waals surface area contributed by atoms with Crippen molar-refractivity contribution in [2.45, 2.75) is 19.6 Å². The third kappa shape index (κ3) is 17.9. The fourth-order valence-corrected chi connectivity index (χ4v) is 19.5. The van der Waals surface area contributed by atoms with Crippen molar-refractivity contribution in [2.75, 3.05) is 0 Å². The van der Waals surface area contributed by atoms with Crippen LogP contribution in [0.25, 0.3) is 0 Å². The molecule has 306 valence electrons. The molecule has 4 aromatic rings. The molecule has 0 unspecified atom stereocenters. The molecule has 0 saturated heterocycles. The molecule has 0 aliphatic rings. The zero-order valence-corrected chi connectivity index (χ0v) is 48.2. The van der Waals surface area contributed by atoms with Crippen LogP contribution in [0.1, 0.15) is 0 Å². The maximum atomic E-state index is 10.9. The summed E-state index contributed by atoms with van der Waals surface area (Å²) in [4.78, 5) is -1.29. The average Bonchev–Trinajstić information content (AvgIpc) is 3.03. The molecule has 55 heavy (non-hydrogen) atoms. The number of rotatable bonds is 8. The second kappa shape index (κ2) is 24.3. The lowest BCUT2D eigenvalue weighted by Gasteiger charge is -2.03. The van der Waals surface area contributed by atoms with Crippen LogP contribution in [0, 0.1) is 25.0 Å². The lowest BCUT2D eigenvalue weighted by Crippen LogP contribution is -2.03. The Bertz CT molecular complexity index is 2400. The molecule has 0 bridgehead atoms. The summed E-state index contributed by atoms with van der Waals surface area (Å²) in [5.74, 6) is 0. The van der Waals surface area contributed by atoms with Crippen LogP contribution in [0.5, 0.6) is 0 Å². The SMILES string of the molecule is O=Ic1c(Br)cc(Br)cc1S(=O)(=O)O.O=Ic1c(Cl)cc(Cl)cc1S(=O)(=O)O.O=Ic1c(I)cc(I)cc1S(=O)(=O)O.O=Ic1c(I)cccc1S(=O)(=O)O. The largest absolute Gasteiger partial charge is 0.295 e. The maximum Gasteiger partial charge on any atom is 0.295 e. The van der Waals surface area contributed by atoms with Gasteiger partial charge in [-0.1, -0.05) is 45.2 Å². The van der Waals surface area contributed by atoms with Crippen LogP contribution in [-0.4, -0.2) is 51.9 Å². The van der Waals surface area contributed by atoms with Crippen LogP contribution < -0.4 is 0 Å². The van der Waals surface area contributed by atoms with E-state index in [1.54, 1.807) is 18.2 Å². The van der Waals surface area contributed by atoms with Gasteiger partial charge in [0.1, 0.15) is 19.6 Å². The molecule has 31 heteroatoms. The molecule has 16 nitrogen and oxygen atoms in total. The first-order valence-electron chi connectivity index (χ1n) is 12.3. The Morgan fingerprint density at radius 1 is 0.509 bits per heavy atom. The summed E-state index contributed by atoms with van der Waals surface area (Å²) >= 11 is 16.3. The van der Waals surface area contributed by atoms with Gasteiger partial charge in [-0.3, -0.25) is 30.5 Å². The normalized spacial score (nSPS) is 11.6. The Morgan fingerprint density at radius 3 is 1.35 bits per heavy atom. The van der Waals surface area contributed by atoms with E-state index in [0.29, 0.717) is 19.7 Å². The lowest BCUT2D eigenvalue weighted by atomic mass is 10.4. The first kappa shape index (κ1) is 55.4. The first-order valence-corrected chi connectivity index (χ1v) is 31.5. The second-order valence-corrected chi connectivity index (χ2v) is 26.7. The van der Waals surface area contributed by atoms with Crippen LogP contribution in [0.4, 0.5) is 0 Å². The Morgan fingerprint density at radius 2 is 0.927 bits per heavy atom. The molecule has 4 rings (SSSR count). The van der Waals surface area contributed by atoms with Crippen molar-refractivity contribution in [1.82, 2.24) is 0 Å². The minimum Gasteiger partial charge on any atom is -0.282 e. The van der Waals surface area contributed by atoms with Crippen LogP contribution in [0.3, 0.4) is 0 Å². The third-order valence-electron chi connectivity index (χ3n) is 5.22. The van der Waals surface area contributed by atoms with Crippen molar-refractivity contribution in [3.05, 3.63) is 98.6 Å². The maximum absolute atomic E-state index is 10.9. The molecule has 0 aliphatic carbocycles. The van der Waals surface area contributed by atoms with Gasteiger partial charge in [0.15, 0.2) is 84.8 Å². The Balaban J connectivity index is 0.000000367. The summed E-state index contributed by atoms with van der Waals surface area (Å²) < 4.78 is 169. The summed E-state index contributed by atoms with van der Waals surface area (Å²) in [6.07, 6.45) is 0. The molecule has 0 aromatic heterocycles. The standard InChI is InChI=1S/C6H3Br2IO4S.C6H3Cl2IO4S.C6H3I3O4S.C6H4I2O4S/c3*7-3-1-4(8)6(9-10)5(2-3)14(11,12)13;7-4-2-1-3-5(6(4)8-9)13(10,11)12/h3*1-2H,(H,11,12,13);1-3H,(H,10,11,12). The Hall–Kier alpha value is 2.37. The summed E-state index contributed by atoms with van der Waals surface area (Å²) in [5.41, 5.74) is 0. The van der Waals surface area contributed by atoms with Gasteiger partial charge in [-0.05, 0) is 132 Å². The van der Waals surface area contributed by atoms with E-state index in [0.717, 1.165) is 6.07 Å². The molecule has 4 aromatic carbocycles. The van der Waals surface area contributed by atoms with Gasteiger partial charge in [0, 0.05) is 24.7 Å². The van der Waals surface area contributed by atoms with Crippen molar-refractivity contribution in [3.63, 3.8) is 0 Å². The van der Waals surface area contributed by atoms with Gasteiger partial charge in [-0.15, -0.1) is 0 Å². The van der Waals surface area contributed by atoms with Crippen LogP contribution in [0.2, 0.25) is 10.0 Å². The van der Waals surface area contributed by atoms with Crippen LogP contribution >= 0.6 is 208 Å². The Labute approximate surface area is 422 Å². The number of benzene rings is 4. The fraction of sp³-hybridized carbons (Fsp3) is 0. The van der Waals surface area contributed by atoms with Gasteiger partial charge in [0.05, 0.1) is 19.3 Å². The van der Waals surface area contributed by atoms with Crippen molar-refractivity contribution in [1.29, 1.82) is 0 Å². The molecule has 0 atom stereocenters. The van der Waals surface area contributed by atoms with E-state index in [-0.39, 0.29) is 39.0 Å². The van der Waals surface area contributed by atoms with E-state index in [4.69, 9.17) is 41.4 Å². The molecule has 0 spiro atoms. The molecule has 0 saturated carbocycles. The molecule has 0 fully saturated rings. The van der Waals surface area contributed by atoms with Crippen LogP contribution in [0.15, 0.2) is 83.1 Å². The van der Waals surface area contributed by atoms with E-state index in [1.807, 2.05) is 67.8 Å². The van der Waals surface area contributed by atoms with Gasteiger partial charge in [0.2, 0.25) is 0 Å². The van der Waals surface area contributed by atoms with E-state index >= 15 is 0 Å². The van der Waals surface area contributed by atoms with Crippen molar-refractivity contribution < 1.29 is 64.2 Å². The average molecular weight is 1800 g/mol. The van der Waals surface area contributed by atoms with Gasteiger partial charge in [0.25, 0.3) is 40.5 Å². The molecule has 0 radical (unpaired) electrons. The molecular formula is C24H13Br2Cl2I7O16S4. The van der Waals surface area contributed by atoms with E-state index < -0.39 is 130 Å². The number of hydrogen-bond acceptors (Lipinski definition) is 12. The molecule has 0 amide bonds. The summed E-state index contributed by atoms with van der Waals surface area (Å²) in [6, 6.07) is 12.5. The van der Waals surface area contributed by atoms with Gasteiger partial charge < -0.3 is 0 Å². The monoisotopic (exact) mass is 1800 g/mol. The summed E-state index contributed by atoms with van der Waals surface area (Å²) in [5, 5.41) is 0.0387. The molecular weight excluding hydrogens is 1790 g/mol. The van der Waals surface area contributed by atoms with Crippen molar-refractivity contribution in [2.24, 2.45) is 0 Å². The van der Waals surface area contributed by atoms with E-state index in [2.05, 4.69) is 31.9 Å². The number of halogens is 11. The highest BCUT2D eigenvalue weighted by Gasteiger charge is 2.22. The summed E-state index contributed by atoms with van der Waals surface area (Å²) in [6.45, 7) is 0. The second-order valence-electron chi connectivity index (χ2n) is 8.86. The zero-order valence-electron chi connectivity index (χ0n) is 25.2. The predicted molar refractivity (Wildman–Crippen MR) is 262 cm³/mol. The summed E-state index contributed by atoms with van der Waals surface area (Å²) in [7, 11) is -17.3. The first-order chi connectivity index (χ1) is 25.0. The van der Waals surface area contributed by atoms with Crippen molar-refractivity contribution in [3.8, 4) is 0 Å². The highest BCUT2D eigenvalue weighted by atomic mass is 127. The quantitative estimate of drug-likeness (QED) is 0.0725. The van der Waals surface area contributed by atoms with E-state index in [9.17, 15) is 45.9 Å². The smallest absolute Gasteiger partial charge is 0.282 e. The molecule has 4 N–H and O–H groups in total. The lowest BCUT2D eigenvalue weighted by molar-refractivity contribution is 0.480. The van der Waals surface area contributed by atoms with Gasteiger partial charge >= 0.3 is 0 Å². The third-order valence-corrected chi connectivity index (χ3v) is 23.7. The highest BCUT2D eigenvalue weighted by molar-refractivity contribution is 14.2. The Kier molecular flexibility index (Phi) is 24.4.